The van der Waals surface area contributed by atoms with Crippen LogP contribution in [0.1, 0.15) is 116 Å². The maximum atomic E-state index is 12.4. The van der Waals surface area contributed by atoms with Gasteiger partial charge in [-0.05, 0) is 30.7 Å². The van der Waals surface area contributed by atoms with Gasteiger partial charge in [-0.1, -0.05) is 138 Å². The van der Waals surface area contributed by atoms with Crippen molar-refractivity contribution in [3.63, 3.8) is 0 Å². The third kappa shape index (κ3) is 16.7. The molecule has 2 aromatic rings. The number of benzene rings is 2. The third-order valence-corrected chi connectivity index (χ3v) is 8.06. The number of rotatable bonds is 27. The summed E-state index contributed by atoms with van der Waals surface area (Å²) in [5.74, 6) is 0.472. The van der Waals surface area contributed by atoms with Crippen LogP contribution in [-0.4, -0.2) is 37.9 Å². The molecule has 0 bridgehead atoms. The smallest absolute Gasteiger partial charge is 0.379 e. The molecule has 1 unspecified atom stereocenters. The van der Waals surface area contributed by atoms with E-state index in [2.05, 4.69) is 13.0 Å². The monoisotopic (exact) mass is 594 g/mol. The van der Waals surface area contributed by atoms with Gasteiger partial charge in [0.15, 0.2) is 5.75 Å². The second-order valence-electron chi connectivity index (χ2n) is 10.7. The Bertz CT molecular complexity index is 968. The van der Waals surface area contributed by atoms with E-state index < -0.39 is 7.82 Å². The lowest BCUT2D eigenvalue weighted by molar-refractivity contribution is -0.128. The summed E-state index contributed by atoms with van der Waals surface area (Å²) in [5.41, 5.74) is 0.956. The van der Waals surface area contributed by atoms with E-state index in [-0.39, 0.29) is 13.2 Å². The van der Waals surface area contributed by atoms with E-state index in [0.717, 1.165) is 35.6 Å². The van der Waals surface area contributed by atoms with Gasteiger partial charge in [0.2, 0.25) is 0 Å². The first-order chi connectivity index (χ1) is 20.1. The fourth-order valence-electron chi connectivity index (χ4n) is 4.95. The van der Waals surface area contributed by atoms with Gasteiger partial charge in [0.05, 0.1) is 26.4 Å². The standard InChI is InChI=1S/C33H55O7P/c1-3-5-6-7-8-9-10-11-12-13-14-15-16-17-18-22-31-25-24-30-21-19-20-23-32(30)33(31)39-40-41(34,35)38-29-28-37-27-26-36-4-2/h19-21,23-25H,3-18,22,26-29H2,1-2H3,(H,34,35). The Kier molecular flexibility index (Phi) is 20.1. The van der Waals surface area contributed by atoms with E-state index in [1.807, 2.05) is 37.3 Å². The van der Waals surface area contributed by atoms with Crippen LogP contribution in [0.5, 0.6) is 5.75 Å². The van der Waals surface area contributed by atoms with Crippen molar-refractivity contribution in [1.29, 1.82) is 0 Å². The number of hydrogen-bond donors (Lipinski definition) is 1. The second-order valence-corrected chi connectivity index (χ2v) is 12.1. The molecular formula is C33H55O7P. The second kappa shape index (κ2) is 23.0. The number of ether oxygens (including phenoxy) is 2. The van der Waals surface area contributed by atoms with Crippen LogP contribution in [0.3, 0.4) is 0 Å². The first-order valence-corrected chi connectivity index (χ1v) is 17.6. The Morgan fingerprint density at radius 1 is 0.659 bits per heavy atom. The maximum absolute atomic E-state index is 12.4. The largest absolute Gasteiger partial charge is 0.508 e. The Morgan fingerprint density at radius 3 is 1.85 bits per heavy atom. The zero-order chi connectivity index (χ0) is 29.4. The summed E-state index contributed by atoms with van der Waals surface area (Å²) in [5, 5.41) is 1.81. The molecule has 0 heterocycles. The van der Waals surface area contributed by atoms with E-state index >= 15 is 0 Å². The van der Waals surface area contributed by atoms with E-state index in [1.54, 1.807) is 0 Å². The number of unbranched alkanes of at least 4 members (excludes halogenated alkanes) is 14. The molecule has 0 saturated heterocycles. The minimum atomic E-state index is -4.41. The molecule has 0 aliphatic heterocycles. The minimum absolute atomic E-state index is 0.0925. The molecule has 7 nitrogen and oxygen atoms in total. The summed E-state index contributed by atoms with van der Waals surface area (Å²) in [7, 11) is -4.41. The lowest BCUT2D eigenvalue weighted by Gasteiger charge is -2.15. The molecule has 0 aliphatic carbocycles. The molecule has 1 atom stereocenters. The molecule has 2 aromatic carbocycles. The zero-order valence-electron chi connectivity index (χ0n) is 25.7. The van der Waals surface area contributed by atoms with Crippen molar-refractivity contribution in [3.05, 3.63) is 42.0 Å². The van der Waals surface area contributed by atoms with Crippen molar-refractivity contribution in [3.8, 4) is 5.75 Å². The van der Waals surface area contributed by atoms with Crippen LogP contribution >= 0.6 is 7.82 Å². The van der Waals surface area contributed by atoms with Gasteiger partial charge >= 0.3 is 7.82 Å². The van der Waals surface area contributed by atoms with Crippen LogP contribution in [-0.2, 0) is 29.7 Å². The van der Waals surface area contributed by atoms with Crippen molar-refractivity contribution in [2.75, 3.05) is 33.0 Å². The van der Waals surface area contributed by atoms with Crippen LogP contribution < -0.4 is 4.89 Å². The van der Waals surface area contributed by atoms with Crippen molar-refractivity contribution >= 4 is 18.6 Å². The van der Waals surface area contributed by atoms with Gasteiger partial charge in [-0.15, -0.1) is 0 Å². The van der Waals surface area contributed by atoms with Crippen LogP contribution in [0.25, 0.3) is 10.8 Å². The van der Waals surface area contributed by atoms with Gasteiger partial charge in [-0.25, -0.2) is 4.57 Å². The first kappa shape index (κ1) is 35.7. The predicted molar refractivity (Wildman–Crippen MR) is 167 cm³/mol. The summed E-state index contributed by atoms with van der Waals surface area (Å²) in [6.07, 6.45) is 20.7. The average Bonchev–Trinajstić information content (AvgIpc) is 2.97. The van der Waals surface area contributed by atoms with Crippen molar-refractivity contribution in [2.45, 2.75) is 117 Å². The van der Waals surface area contributed by atoms with E-state index in [4.69, 9.17) is 23.6 Å². The lowest BCUT2D eigenvalue weighted by atomic mass is 10.00. The predicted octanol–water partition coefficient (Wildman–Crippen LogP) is 9.73. The summed E-state index contributed by atoms with van der Waals surface area (Å²) in [6.45, 7) is 5.72. The van der Waals surface area contributed by atoms with Crippen LogP contribution in [0.4, 0.5) is 0 Å². The van der Waals surface area contributed by atoms with E-state index in [1.165, 1.54) is 83.5 Å². The fraction of sp³-hybridized carbons (Fsp3) is 0.697. The van der Waals surface area contributed by atoms with Crippen molar-refractivity contribution in [1.82, 2.24) is 0 Å². The van der Waals surface area contributed by atoms with Gasteiger partial charge in [0.25, 0.3) is 0 Å². The van der Waals surface area contributed by atoms with E-state index in [9.17, 15) is 9.46 Å². The van der Waals surface area contributed by atoms with E-state index in [0.29, 0.717) is 25.6 Å². The highest BCUT2D eigenvalue weighted by atomic mass is 31.2. The molecule has 0 radical (unpaired) electrons. The van der Waals surface area contributed by atoms with Gasteiger partial charge < -0.3 is 19.3 Å². The summed E-state index contributed by atoms with van der Waals surface area (Å²) < 4.78 is 32.8. The summed E-state index contributed by atoms with van der Waals surface area (Å²) in [4.78, 5) is 15.6. The first-order valence-electron chi connectivity index (χ1n) is 16.1. The quantitative estimate of drug-likeness (QED) is 0.0477. The number of aryl methyl sites for hydroxylation is 1. The Hall–Kier alpha value is -1.47. The molecule has 2 rings (SSSR count). The average molecular weight is 595 g/mol. The molecule has 0 spiro atoms. The summed E-state index contributed by atoms with van der Waals surface area (Å²) >= 11 is 0. The molecule has 8 heteroatoms. The third-order valence-electron chi connectivity index (χ3n) is 7.28. The topological polar surface area (TPSA) is 83.5 Å². The molecular weight excluding hydrogens is 539 g/mol. The highest BCUT2D eigenvalue weighted by Gasteiger charge is 2.25. The van der Waals surface area contributed by atoms with Crippen LogP contribution in [0, 0.1) is 0 Å². The molecule has 1 N–H and O–H groups in total. The van der Waals surface area contributed by atoms with Crippen molar-refractivity contribution in [2.24, 2.45) is 0 Å². The van der Waals surface area contributed by atoms with Gasteiger partial charge in [0, 0.05) is 12.0 Å². The lowest BCUT2D eigenvalue weighted by Crippen LogP contribution is -2.09. The molecule has 234 valence electrons. The Morgan fingerprint density at radius 2 is 1.22 bits per heavy atom. The number of phosphoric acid groups is 1. The number of phosphoric ester groups is 1. The highest BCUT2D eigenvalue weighted by Crippen LogP contribution is 2.45. The molecule has 0 saturated carbocycles. The molecule has 41 heavy (non-hydrogen) atoms. The van der Waals surface area contributed by atoms with Gasteiger partial charge in [0.1, 0.15) is 0 Å². The molecule has 0 aromatic heterocycles. The molecule has 0 amide bonds. The molecule has 0 aliphatic rings. The normalized spacial score (nSPS) is 13.0. The van der Waals surface area contributed by atoms with Gasteiger partial charge in [-0.2, -0.15) is 0 Å². The minimum Gasteiger partial charge on any atom is -0.379 e. The van der Waals surface area contributed by atoms with Crippen LogP contribution in [0.15, 0.2) is 36.4 Å². The van der Waals surface area contributed by atoms with Crippen LogP contribution in [0.2, 0.25) is 0 Å². The zero-order valence-corrected chi connectivity index (χ0v) is 26.6. The Balaban J connectivity index is 1.67. The summed E-state index contributed by atoms with van der Waals surface area (Å²) in [6, 6.07) is 11.8. The molecule has 0 fully saturated rings. The van der Waals surface area contributed by atoms with Crippen molar-refractivity contribution < 1.29 is 33.0 Å². The Labute approximate surface area is 248 Å². The number of fused-ring (bicyclic) bond motifs is 1. The SMILES string of the molecule is CCCCCCCCCCCCCCCCCc1ccc2ccccc2c1OOP(=O)(O)OCCOCCOCC. The van der Waals surface area contributed by atoms with Gasteiger partial charge in [-0.3, -0.25) is 4.52 Å². The highest BCUT2D eigenvalue weighted by molar-refractivity contribution is 7.47. The maximum Gasteiger partial charge on any atom is 0.508 e. The number of hydrogen-bond acceptors (Lipinski definition) is 6. The fourth-order valence-corrected chi connectivity index (χ4v) is 5.47.